The van der Waals surface area contributed by atoms with Gasteiger partial charge in [0.05, 0.1) is 11.4 Å². The molecule has 0 radical (unpaired) electrons. The van der Waals surface area contributed by atoms with Crippen molar-refractivity contribution in [3.63, 3.8) is 0 Å². The highest BCUT2D eigenvalue weighted by molar-refractivity contribution is 7.89. The van der Waals surface area contributed by atoms with Crippen molar-refractivity contribution < 1.29 is 8.42 Å². The van der Waals surface area contributed by atoms with Crippen LogP contribution in [0.4, 0.5) is 0 Å². The van der Waals surface area contributed by atoms with E-state index >= 15 is 0 Å². The number of sulfonamides is 1. The molecule has 0 spiro atoms. The molecule has 2 aromatic rings. The lowest BCUT2D eigenvalue weighted by atomic mass is 10.1. The quantitative estimate of drug-likeness (QED) is 0.826. The Kier molecular flexibility index (Phi) is 4.17. The number of hydrogen-bond donors (Lipinski definition) is 2. The van der Waals surface area contributed by atoms with Crippen molar-refractivity contribution in [1.29, 1.82) is 0 Å². The summed E-state index contributed by atoms with van der Waals surface area (Å²) >= 11 is 0. The van der Waals surface area contributed by atoms with E-state index in [1.165, 1.54) is 18.5 Å². The van der Waals surface area contributed by atoms with E-state index < -0.39 is 10.0 Å². The Bertz CT molecular complexity index is 676. The van der Waals surface area contributed by atoms with Crippen molar-refractivity contribution in [3.8, 4) is 0 Å². The van der Waals surface area contributed by atoms with Gasteiger partial charge in [-0.2, -0.15) is 0 Å². The first-order valence-corrected chi connectivity index (χ1v) is 7.56. The molecule has 0 aliphatic rings. The molecule has 2 rings (SSSR count). The maximum absolute atomic E-state index is 12.1. The number of nitrogens with two attached hydrogens (primary N) is 1. The van der Waals surface area contributed by atoms with Crippen molar-refractivity contribution in [2.45, 2.75) is 24.4 Å². The highest BCUT2D eigenvalue weighted by Gasteiger charge is 2.15. The van der Waals surface area contributed by atoms with E-state index in [2.05, 4.69) is 14.9 Å². The van der Waals surface area contributed by atoms with Crippen LogP contribution < -0.4 is 10.5 Å². The third-order valence-electron chi connectivity index (χ3n) is 2.94. The monoisotopic (exact) mass is 295 g/mol. The summed E-state index contributed by atoms with van der Waals surface area (Å²) < 4.78 is 28.4. The summed E-state index contributed by atoms with van der Waals surface area (Å²) in [6.45, 7) is 1.93. The Labute approximate surface area is 117 Å². The second kappa shape index (κ2) is 5.70. The van der Waals surface area contributed by atoms with Crippen LogP contribution in [0.1, 0.15) is 24.4 Å². The molecule has 1 unspecified atom stereocenters. The van der Waals surface area contributed by atoms with Crippen molar-refractivity contribution in [1.82, 2.24) is 19.5 Å². The van der Waals surface area contributed by atoms with E-state index in [1.807, 2.05) is 6.92 Å². The zero-order valence-electron chi connectivity index (χ0n) is 11.3. The van der Waals surface area contributed by atoms with E-state index in [9.17, 15) is 8.42 Å². The first kappa shape index (κ1) is 14.6. The maximum atomic E-state index is 12.1. The number of aromatic nitrogens is 3. The van der Waals surface area contributed by atoms with Gasteiger partial charge in [-0.15, -0.1) is 10.2 Å². The summed E-state index contributed by atoms with van der Waals surface area (Å²) in [5, 5.41) is 7.51. The van der Waals surface area contributed by atoms with E-state index in [-0.39, 0.29) is 17.5 Å². The third kappa shape index (κ3) is 3.21. The topological polar surface area (TPSA) is 103 Å². The fourth-order valence-corrected chi connectivity index (χ4v) is 2.64. The Balaban J connectivity index is 2.12. The van der Waals surface area contributed by atoms with Crippen LogP contribution >= 0.6 is 0 Å². The molecule has 1 aromatic carbocycles. The van der Waals surface area contributed by atoms with E-state index in [0.717, 1.165) is 5.56 Å². The average Bonchev–Trinajstić information content (AvgIpc) is 2.82. The number of nitrogens with zero attached hydrogens (tertiary/aromatic N) is 3. The molecule has 20 heavy (non-hydrogen) atoms. The van der Waals surface area contributed by atoms with Gasteiger partial charge >= 0.3 is 0 Å². The molecule has 0 amide bonds. The number of hydrogen-bond acceptors (Lipinski definition) is 5. The van der Waals surface area contributed by atoms with Crippen LogP contribution in [0.3, 0.4) is 0 Å². The minimum Gasteiger partial charge on any atom is -0.324 e. The van der Waals surface area contributed by atoms with Crippen LogP contribution in [0.5, 0.6) is 0 Å². The molecule has 1 aromatic heterocycles. The molecule has 3 N–H and O–H groups in total. The van der Waals surface area contributed by atoms with Gasteiger partial charge in [0.25, 0.3) is 0 Å². The van der Waals surface area contributed by atoms with Gasteiger partial charge in [-0.05, 0) is 24.6 Å². The number of aryl methyl sites for hydroxylation is 1. The first-order valence-electron chi connectivity index (χ1n) is 6.08. The summed E-state index contributed by atoms with van der Waals surface area (Å²) in [5.74, 6) is 0.542. The summed E-state index contributed by atoms with van der Waals surface area (Å²) in [7, 11) is -1.82. The predicted molar refractivity (Wildman–Crippen MR) is 74.1 cm³/mol. The third-order valence-corrected chi connectivity index (χ3v) is 4.36. The second-order valence-corrected chi connectivity index (χ2v) is 6.31. The van der Waals surface area contributed by atoms with E-state index in [1.54, 1.807) is 23.7 Å². The van der Waals surface area contributed by atoms with Gasteiger partial charge in [-0.3, -0.25) is 0 Å². The summed E-state index contributed by atoms with van der Waals surface area (Å²) in [6.07, 6.45) is 1.51. The lowest BCUT2D eigenvalue weighted by molar-refractivity contribution is 0.577. The lowest BCUT2D eigenvalue weighted by Gasteiger charge is -2.09. The van der Waals surface area contributed by atoms with Gasteiger partial charge in [0.2, 0.25) is 10.0 Å². The van der Waals surface area contributed by atoms with Gasteiger partial charge in [0.1, 0.15) is 12.2 Å². The smallest absolute Gasteiger partial charge is 0.240 e. The van der Waals surface area contributed by atoms with Gasteiger partial charge in [0.15, 0.2) is 0 Å². The van der Waals surface area contributed by atoms with Gasteiger partial charge in [-0.25, -0.2) is 13.1 Å². The molecule has 0 saturated carbocycles. The molecule has 0 aliphatic carbocycles. The Hall–Kier alpha value is -1.77. The average molecular weight is 295 g/mol. The first-order chi connectivity index (χ1) is 9.40. The standard InChI is InChI=1S/C12H17N5O2S/c1-9(13)10-3-5-11(6-4-10)20(18,19)15-7-12-16-14-8-17(12)2/h3-6,8-9,15H,7,13H2,1-2H3. The maximum Gasteiger partial charge on any atom is 0.240 e. The molecule has 0 fully saturated rings. The number of nitrogens with one attached hydrogen (secondary N) is 1. The molecule has 0 bridgehead atoms. The predicted octanol–water partition coefficient (Wildman–Crippen LogP) is 0.313. The van der Waals surface area contributed by atoms with E-state index in [4.69, 9.17) is 5.73 Å². The fraction of sp³-hybridized carbons (Fsp3) is 0.333. The zero-order chi connectivity index (χ0) is 14.8. The minimum absolute atomic E-state index is 0.0911. The Morgan fingerprint density at radius 3 is 2.50 bits per heavy atom. The molecule has 108 valence electrons. The van der Waals surface area contributed by atoms with Crippen LogP contribution in [0.15, 0.2) is 35.5 Å². The highest BCUT2D eigenvalue weighted by atomic mass is 32.2. The molecule has 1 atom stereocenters. The van der Waals surface area contributed by atoms with Crippen molar-refractivity contribution >= 4 is 10.0 Å². The summed E-state index contributed by atoms with van der Waals surface area (Å²) in [4.78, 5) is 0.198. The molecule has 8 heteroatoms. The molecular formula is C12H17N5O2S. The normalized spacial score (nSPS) is 13.3. The van der Waals surface area contributed by atoms with Crippen LogP contribution in [0, 0.1) is 0 Å². The van der Waals surface area contributed by atoms with Gasteiger partial charge in [-0.1, -0.05) is 12.1 Å². The zero-order valence-corrected chi connectivity index (χ0v) is 12.1. The molecule has 7 nitrogen and oxygen atoms in total. The van der Waals surface area contributed by atoms with Gasteiger partial charge < -0.3 is 10.3 Å². The molecule has 1 heterocycles. The van der Waals surface area contributed by atoms with Crippen LogP contribution in [0.2, 0.25) is 0 Å². The van der Waals surface area contributed by atoms with Crippen LogP contribution in [-0.4, -0.2) is 23.2 Å². The van der Waals surface area contributed by atoms with Crippen LogP contribution in [0.25, 0.3) is 0 Å². The lowest BCUT2D eigenvalue weighted by Crippen LogP contribution is -2.24. The van der Waals surface area contributed by atoms with Gasteiger partial charge in [0, 0.05) is 13.1 Å². The Morgan fingerprint density at radius 1 is 1.35 bits per heavy atom. The van der Waals surface area contributed by atoms with Crippen molar-refractivity contribution in [2.24, 2.45) is 12.8 Å². The molecular weight excluding hydrogens is 278 g/mol. The highest BCUT2D eigenvalue weighted by Crippen LogP contribution is 2.14. The SMILES string of the molecule is CC(N)c1ccc(S(=O)(=O)NCc2nncn2C)cc1. The van der Waals surface area contributed by atoms with Crippen molar-refractivity contribution in [2.75, 3.05) is 0 Å². The fourth-order valence-electron chi connectivity index (χ4n) is 1.66. The summed E-state index contributed by atoms with van der Waals surface area (Å²) in [6, 6.07) is 6.37. The number of rotatable bonds is 5. The largest absolute Gasteiger partial charge is 0.324 e. The summed E-state index contributed by atoms with van der Waals surface area (Å²) in [5.41, 5.74) is 6.62. The van der Waals surface area contributed by atoms with Crippen LogP contribution in [-0.2, 0) is 23.6 Å². The second-order valence-electron chi connectivity index (χ2n) is 4.54. The molecule has 0 aliphatic heterocycles. The Morgan fingerprint density at radius 2 is 2.00 bits per heavy atom. The molecule has 0 saturated heterocycles. The van der Waals surface area contributed by atoms with Crippen molar-refractivity contribution in [3.05, 3.63) is 42.0 Å². The number of benzene rings is 1. The minimum atomic E-state index is -3.57. The van der Waals surface area contributed by atoms with E-state index in [0.29, 0.717) is 5.82 Å².